The Hall–Kier alpha value is -0.830. The topological polar surface area (TPSA) is 29.9 Å². The van der Waals surface area contributed by atoms with E-state index in [1.807, 2.05) is 23.1 Å². The van der Waals surface area contributed by atoms with Crippen LogP contribution in [0.1, 0.15) is 32.6 Å². The van der Waals surface area contributed by atoms with Crippen molar-refractivity contribution >= 4 is 0 Å². The molecule has 3 nitrogen and oxygen atoms in total. The first-order valence-electron chi connectivity index (χ1n) is 7.04. The molecule has 3 heteroatoms. The number of fused-ring (bicyclic) bond motifs is 2. The van der Waals surface area contributed by atoms with E-state index in [1.54, 1.807) is 0 Å². The average molecular weight is 233 g/mol. The van der Waals surface area contributed by atoms with Crippen LogP contribution >= 0.6 is 0 Å². The fourth-order valence-electron chi connectivity index (χ4n) is 3.90. The number of aromatic nitrogens is 2. The minimum Gasteiger partial charge on any atom is -0.312 e. The van der Waals surface area contributed by atoms with Crippen molar-refractivity contribution in [2.24, 2.45) is 17.8 Å². The van der Waals surface area contributed by atoms with Crippen molar-refractivity contribution in [3.8, 4) is 0 Å². The molecule has 1 aromatic rings. The Labute approximate surface area is 104 Å². The molecule has 17 heavy (non-hydrogen) atoms. The van der Waals surface area contributed by atoms with E-state index in [-0.39, 0.29) is 0 Å². The third-order valence-corrected chi connectivity index (χ3v) is 4.80. The summed E-state index contributed by atoms with van der Waals surface area (Å²) >= 11 is 0. The van der Waals surface area contributed by atoms with Gasteiger partial charge in [0.15, 0.2) is 0 Å². The van der Waals surface area contributed by atoms with Gasteiger partial charge in [-0.15, -0.1) is 0 Å². The number of hydrogen-bond acceptors (Lipinski definition) is 2. The molecule has 2 aliphatic rings. The van der Waals surface area contributed by atoms with Gasteiger partial charge in [0, 0.05) is 25.0 Å². The fraction of sp³-hybridized carbons (Fsp3) is 0.786. The SMILES string of the molecule is CC(NCCn1cccn1)C1CC2CCC1C2. The molecule has 1 heterocycles. The van der Waals surface area contributed by atoms with Crippen LogP contribution in [0.3, 0.4) is 0 Å². The van der Waals surface area contributed by atoms with E-state index < -0.39 is 0 Å². The molecule has 4 atom stereocenters. The number of rotatable bonds is 5. The molecular formula is C14H23N3. The Morgan fingerprint density at radius 2 is 2.35 bits per heavy atom. The molecule has 2 saturated carbocycles. The van der Waals surface area contributed by atoms with Crippen molar-refractivity contribution in [3.63, 3.8) is 0 Å². The minimum absolute atomic E-state index is 0.681. The van der Waals surface area contributed by atoms with Crippen molar-refractivity contribution in [2.45, 2.75) is 45.2 Å². The van der Waals surface area contributed by atoms with Crippen LogP contribution < -0.4 is 5.32 Å². The van der Waals surface area contributed by atoms with E-state index in [1.165, 1.54) is 25.7 Å². The Morgan fingerprint density at radius 3 is 3.00 bits per heavy atom. The van der Waals surface area contributed by atoms with Gasteiger partial charge in [-0.1, -0.05) is 6.42 Å². The third-order valence-electron chi connectivity index (χ3n) is 4.80. The van der Waals surface area contributed by atoms with Crippen molar-refractivity contribution in [1.82, 2.24) is 15.1 Å². The Morgan fingerprint density at radius 1 is 1.41 bits per heavy atom. The zero-order chi connectivity index (χ0) is 11.7. The van der Waals surface area contributed by atoms with Gasteiger partial charge in [0.25, 0.3) is 0 Å². The second-order valence-electron chi connectivity index (χ2n) is 5.85. The van der Waals surface area contributed by atoms with Crippen molar-refractivity contribution in [3.05, 3.63) is 18.5 Å². The molecule has 0 aliphatic heterocycles. The Balaban J connectivity index is 1.43. The van der Waals surface area contributed by atoms with Crippen molar-refractivity contribution in [1.29, 1.82) is 0 Å². The Kier molecular flexibility index (Phi) is 3.19. The molecule has 1 aromatic heterocycles. The van der Waals surface area contributed by atoms with Gasteiger partial charge in [0.2, 0.25) is 0 Å². The van der Waals surface area contributed by atoms with Crippen LogP contribution in [0.2, 0.25) is 0 Å². The van der Waals surface area contributed by atoms with Gasteiger partial charge in [0.1, 0.15) is 0 Å². The van der Waals surface area contributed by atoms with Gasteiger partial charge >= 0.3 is 0 Å². The van der Waals surface area contributed by atoms with Crippen LogP contribution in [0.15, 0.2) is 18.5 Å². The second-order valence-corrected chi connectivity index (χ2v) is 5.85. The number of hydrogen-bond donors (Lipinski definition) is 1. The van der Waals surface area contributed by atoms with Gasteiger partial charge in [-0.05, 0) is 50.0 Å². The highest BCUT2D eigenvalue weighted by Crippen LogP contribution is 2.49. The maximum absolute atomic E-state index is 4.23. The third kappa shape index (κ3) is 2.39. The van der Waals surface area contributed by atoms with Crippen LogP contribution in [-0.4, -0.2) is 22.4 Å². The average Bonchev–Trinajstić information content (AvgIpc) is 3.05. The van der Waals surface area contributed by atoms with E-state index >= 15 is 0 Å². The molecule has 2 aliphatic carbocycles. The van der Waals surface area contributed by atoms with E-state index in [4.69, 9.17) is 0 Å². The zero-order valence-electron chi connectivity index (χ0n) is 10.7. The van der Waals surface area contributed by atoms with Crippen LogP contribution in [0.5, 0.6) is 0 Å². The molecule has 1 N–H and O–H groups in total. The van der Waals surface area contributed by atoms with E-state index in [0.29, 0.717) is 6.04 Å². The molecule has 0 aromatic carbocycles. The molecule has 0 saturated heterocycles. The largest absolute Gasteiger partial charge is 0.312 e. The number of nitrogens with zero attached hydrogens (tertiary/aromatic N) is 2. The summed E-state index contributed by atoms with van der Waals surface area (Å²) in [6.07, 6.45) is 9.85. The molecule has 0 radical (unpaired) electrons. The standard InChI is InChI=1S/C14H23N3/c1-11(14-10-12-3-4-13(14)9-12)15-6-8-17-7-2-5-16-17/h2,5,7,11-15H,3-4,6,8-10H2,1H3. The van der Waals surface area contributed by atoms with Crippen LogP contribution in [-0.2, 0) is 6.54 Å². The molecule has 3 rings (SSSR count). The number of nitrogens with one attached hydrogen (secondary N) is 1. The maximum Gasteiger partial charge on any atom is 0.0534 e. The second kappa shape index (κ2) is 4.81. The first-order chi connectivity index (χ1) is 8.33. The predicted octanol–water partition coefficient (Wildman–Crippen LogP) is 2.30. The first kappa shape index (κ1) is 11.3. The first-order valence-corrected chi connectivity index (χ1v) is 7.04. The predicted molar refractivity (Wildman–Crippen MR) is 68.6 cm³/mol. The lowest BCUT2D eigenvalue weighted by Crippen LogP contribution is -2.38. The summed E-state index contributed by atoms with van der Waals surface area (Å²) in [5, 5.41) is 7.91. The van der Waals surface area contributed by atoms with Crippen LogP contribution in [0.4, 0.5) is 0 Å². The van der Waals surface area contributed by atoms with Gasteiger partial charge in [-0.2, -0.15) is 5.10 Å². The van der Waals surface area contributed by atoms with Crippen LogP contribution in [0.25, 0.3) is 0 Å². The van der Waals surface area contributed by atoms with Gasteiger partial charge in [-0.3, -0.25) is 4.68 Å². The van der Waals surface area contributed by atoms with E-state index in [0.717, 1.165) is 30.8 Å². The summed E-state index contributed by atoms with van der Waals surface area (Å²) in [4.78, 5) is 0. The summed E-state index contributed by atoms with van der Waals surface area (Å²) in [6.45, 7) is 4.39. The van der Waals surface area contributed by atoms with Gasteiger partial charge < -0.3 is 5.32 Å². The monoisotopic (exact) mass is 233 g/mol. The van der Waals surface area contributed by atoms with E-state index in [2.05, 4.69) is 17.3 Å². The molecule has 0 spiro atoms. The zero-order valence-corrected chi connectivity index (χ0v) is 10.7. The van der Waals surface area contributed by atoms with Gasteiger partial charge in [0.05, 0.1) is 6.54 Å². The summed E-state index contributed by atoms with van der Waals surface area (Å²) in [5.74, 6) is 3.01. The summed E-state index contributed by atoms with van der Waals surface area (Å²) in [7, 11) is 0. The quantitative estimate of drug-likeness (QED) is 0.845. The van der Waals surface area contributed by atoms with Gasteiger partial charge in [-0.25, -0.2) is 0 Å². The highest BCUT2D eigenvalue weighted by molar-refractivity contribution is 4.94. The lowest BCUT2D eigenvalue weighted by molar-refractivity contribution is 0.258. The van der Waals surface area contributed by atoms with E-state index in [9.17, 15) is 0 Å². The molecule has 2 fully saturated rings. The minimum atomic E-state index is 0.681. The molecular weight excluding hydrogens is 210 g/mol. The summed E-state index contributed by atoms with van der Waals surface area (Å²) < 4.78 is 2.00. The molecule has 94 valence electrons. The smallest absolute Gasteiger partial charge is 0.0534 e. The maximum atomic E-state index is 4.23. The summed E-state index contributed by atoms with van der Waals surface area (Å²) in [6, 6.07) is 2.67. The van der Waals surface area contributed by atoms with Crippen molar-refractivity contribution in [2.75, 3.05) is 6.54 Å². The highest BCUT2D eigenvalue weighted by atomic mass is 15.3. The fourth-order valence-corrected chi connectivity index (χ4v) is 3.90. The van der Waals surface area contributed by atoms with Crippen molar-refractivity contribution < 1.29 is 0 Å². The molecule has 4 unspecified atom stereocenters. The Bertz CT molecular complexity index is 346. The lowest BCUT2D eigenvalue weighted by Gasteiger charge is -2.28. The summed E-state index contributed by atoms with van der Waals surface area (Å²) in [5.41, 5.74) is 0. The molecule has 0 amide bonds. The molecule has 2 bridgehead atoms. The normalized spacial score (nSPS) is 33.1. The van der Waals surface area contributed by atoms with Crippen LogP contribution in [0, 0.1) is 17.8 Å². The highest BCUT2D eigenvalue weighted by Gasteiger charge is 2.41. The lowest BCUT2D eigenvalue weighted by atomic mass is 9.84.